The highest BCUT2D eigenvalue weighted by atomic mass is 19.1. The van der Waals surface area contributed by atoms with Crippen LogP contribution in [0.1, 0.15) is 32.1 Å². The van der Waals surface area contributed by atoms with Crippen molar-refractivity contribution >= 4 is 17.5 Å². The molecule has 3 aliphatic heterocycles. The van der Waals surface area contributed by atoms with Crippen molar-refractivity contribution in [2.75, 3.05) is 31.1 Å². The van der Waals surface area contributed by atoms with Gasteiger partial charge in [-0.25, -0.2) is 4.39 Å². The molecule has 5 nitrogen and oxygen atoms in total. The lowest BCUT2D eigenvalue weighted by Gasteiger charge is -2.38. The number of rotatable bonds is 3. The lowest BCUT2D eigenvalue weighted by Crippen LogP contribution is -2.50. The van der Waals surface area contributed by atoms with Crippen LogP contribution in [0.2, 0.25) is 0 Å². The monoisotopic (exact) mass is 345 g/mol. The van der Waals surface area contributed by atoms with E-state index in [-0.39, 0.29) is 23.7 Å². The van der Waals surface area contributed by atoms with Gasteiger partial charge in [-0.1, -0.05) is 12.1 Å². The number of benzene rings is 1. The summed E-state index contributed by atoms with van der Waals surface area (Å²) in [4.78, 5) is 30.5. The Kier molecular flexibility index (Phi) is 4.46. The third-order valence-corrected chi connectivity index (χ3v) is 5.81. The number of hydrogen-bond acceptors (Lipinski definition) is 3. The van der Waals surface area contributed by atoms with E-state index in [0.717, 1.165) is 45.3 Å². The van der Waals surface area contributed by atoms with Crippen LogP contribution in [-0.4, -0.2) is 59.9 Å². The summed E-state index contributed by atoms with van der Waals surface area (Å²) in [7, 11) is 0. The standard InChI is InChI=1S/C19H24FN3O2/c20-15-4-1-2-5-16(15)23-13-9-17(19(23)25)21-11-7-14(8-12-21)22-10-3-6-18(22)24/h1-2,4-5,14,17H,3,6-13H2. The van der Waals surface area contributed by atoms with Crippen LogP contribution in [0.4, 0.5) is 10.1 Å². The van der Waals surface area contributed by atoms with Crippen LogP contribution in [0.15, 0.2) is 24.3 Å². The number of carbonyl (C=O) groups excluding carboxylic acids is 2. The van der Waals surface area contributed by atoms with E-state index < -0.39 is 0 Å². The molecule has 1 atom stereocenters. The number of para-hydroxylation sites is 1. The molecule has 134 valence electrons. The summed E-state index contributed by atoms with van der Waals surface area (Å²) < 4.78 is 14.0. The Labute approximate surface area is 147 Å². The van der Waals surface area contributed by atoms with Crippen molar-refractivity contribution < 1.29 is 14.0 Å². The predicted molar refractivity (Wildman–Crippen MR) is 92.7 cm³/mol. The molecule has 6 heteroatoms. The summed E-state index contributed by atoms with van der Waals surface area (Å²) in [5.74, 6) is -0.0651. The maximum Gasteiger partial charge on any atom is 0.244 e. The summed E-state index contributed by atoms with van der Waals surface area (Å²) >= 11 is 0. The highest BCUT2D eigenvalue weighted by Gasteiger charge is 2.40. The Hall–Kier alpha value is -1.95. The van der Waals surface area contributed by atoms with Gasteiger partial charge in [-0.15, -0.1) is 0 Å². The molecule has 3 aliphatic rings. The van der Waals surface area contributed by atoms with Crippen LogP contribution in [0.3, 0.4) is 0 Å². The van der Waals surface area contributed by atoms with Crippen molar-refractivity contribution in [2.45, 2.75) is 44.2 Å². The number of carbonyl (C=O) groups is 2. The molecule has 0 spiro atoms. The van der Waals surface area contributed by atoms with Gasteiger partial charge in [0, 0.05) is 38.6 Å². The zero-order valence-corrected chi connectivity index (χ0v) is 14.4. The van der Waals surface area contributed by atoms with Crippen LogP contribution >= 0.6 is 0 Å². The van der Waals surface area contributed by atoms with E-state index in [0.29, 0.717) is 24.7 Å². The number of halogens is 1. The topological polar surface area (TPSA) is 43.9 Å². The summed E-state index contributed by atoms with van der Waals surface area (Å²) in [5.41, 5.74) is 0.382. The van der Waals surface area contributed by atoms with Crippen molar-refractivity contribution in [3.63, 3.8) is 0 Å². The summed E-state index contributed by atoms with van der Waals surface area (Å²) in [6.45, 7) is 3.10. The van der Waals surface area contributed by atoms with E-state index in [1.54, 1.807) is 23.1 Å². The average molecular weight is 345 g/mol. The van der Waals surface area contributed by atoms with Gasteiger partial charge in [-0.2, -0.15) is 0 Å². The minimum Gasteiger partial charge on any atom is -0.340 e. The smallest absolute Gasteiger partial charge is 0.244 e. The van der Waals surface area contributed by atoms with Crippen LogP contribution in [0.25, 0.3) is 0 Å². The third-order valence-electron chi connectivity index (χ3n) is 5.81. The molecule has 25 heavy (non-hydrogen) atoms. The minimum absolute atomic E-state index is 0.000740. The molecule has 4 rings (SSSR count). The third kappa shape index (κ3) is 3.03. The van der Waals surface area contributed by atoms with Gasteiger partial charge in [-0.3, -0.25) is 14.5 Å². The van der Waals surface area contributed by atoms with Crippen molar-refractivity contribution in [1.29, 1.82) is 0 Å². The fourth-order valence-electron chi connectivity index (χ4n) is 4.48. The fraction of sp³-hybridized carbons (Fsp3) is 0.579. The first-order valence-corrected chi connectivity index (χ1v) is 9.24. The minimum atomic E-state index is -0.345. The Bertz CT molecular complexity index is 672. The van der Waals surface area contributed by atoms with Gasteiger partial charge in [0.1, 0.15) is 5.82 Å². The SMILES string of the molecule is O=C1C(N2CCC(N3CCCC3=O)CC2)CCN1c1ccccc1F. The summed E-state index contributed by atoms with van der Waals surface area (Å²) in [5, 5.41) is 0. The molecule has 1 aromatic carbocycles. The van der Waals surface area contributed by atoms with E-state index >= 15 is 0 Å². The molecule has 0 N–H and O–H groups in total. The maximum atomic E-state index is 14.0. The van der Waals surface area contributed by atoms with E-state index in [9.17, 15) is 14.0 Å². The number of amides is 2. The second-order valence-electron chi connectivity index (χ2n) is 7.20. The van der Waals surface area contributed by atoms with Crippen molar-refractivity contribution in [3.8, 4) is 0 Å². The maximum absolute atomic E-state index is 14.0. The predicted octanol–water partition coefficient (Wildman–Crippen LogP) is 2.02. The molecule has 0 aromatic heterocycles. The van der Waals surface area contributed by atoms with E-state index in [2.05, 4.69) is 4.90 Å². The molecule has 0 aliphatic carbocycles. The van der Waals surface area contributed by atoms with Crippen LogP contribution in [0, 0.1) is 5.82 Å². The normalized spacial score (nSPS) is 26.0. The highest BCUT2D eigenvalue weighted by Crippen LogP contribution is 2.29. The molecule has 0 radical (unpaired) electrons. The Morgan fingerprint density at radius 3 is 2.40 bits per heavy atom. The van der Waals surface area contributed by atoms with E-state index in [1.807, 2.05) is 4.90 Å². The molecule has 1 unspecified atom stereocenters. The molecule has 3 heterocycles. The Balaban J connectivity index is 1.38. The molecule has 2 amide bonds. The largest absolute Gasteiger partial charge is 0.340 e. The van der Waals surface area contributed by atoms with Gasteiger partial charge < -0.3 is 9.80 Å². The van der Waals surface area contributed by atoms with E-state index in [1.165, 1.54) is 6.07 Å². The Morgan fingerprint density at radius 1 is 0.960 bits per heavy atom. The zero-order valence-electron chi connectivity index (χ0n) is 14.4. The first kappa shape index (κ1) is 16.5. The molecule has 3 fully saturated rings. The van der Waals surface area contributed by atoms with Crippen LogP contribution in [-0.2, 0) is 9.59 Å². The van der Waals surface area contributed by atoms with Gasteiger partial charge in [0.15, 0.2) is 0 Å². The van der Waals surface area contributed by atoms with Crippen molar-refractivity contribution in [1.82, 2.24) is 9.80 Å². The Morgan fingerprint density at radius 2 is 1.72 bits per heavy atom. The van der Waals surface area contributed by atoms with Crippen molar-refractivity contribution in [3.05, 3.63) is 30.1 Å². The molecule has 0 bridgehead atoms. The number of likely N-dealkylation sites (tertiary alicyclic amines) is 2. The van der Waals surface area contributed by atoms with Gasteiger partial charge in [-0.05, 0) is 37.8 Å². The van der Waals surface area contributed by atoms with Gasteiger partial charge in [0.2, 0.25) is 11.8 Å². The van der Waals surface area contributed by atoms with Gasteiger partial charge >= 0.3 is 0 Å². The molecule has 0 saturated carbocycles. The lowest BCUT2D eigenvalue weighted by molar-refractivity contribution is -0.131. The van der Waals surface area contributed by atoms with Crippen LogP contribution < -0.4 is 4.90 Å². The van der Waals surface area contributed by atoms with Crippen molar-refractivity contribution in [2.24, 2.45) is 0 Å². The van der Waals surface area contributed by atoms with E-state index in [4.69, 9.17) is 0 Å². The summed E-state index contributed by atoms with van der Waals surface area (Å²) in [6.07, 6.45) is 4.24. The highest BCUT2D eigenvalue weighted by molar-refractivity contribution is 5.99. The second kappa shape index (κ2) is 6.75. The fourth-order valence-corrected chi connectivity index (χ4v) is 4.48. The first-order valence-electron chi connectivity index (χ1n) is 9.24. The quantitative estimate of drug-likeness (QED) is 0.842. The average Bonchev–Trinajstić information content (AvgIpc) is 3.22. The number of piperidine rings is 1. The summed E-state index contributed by atoms with van der Waals surface area (Å²) in [6, 6.07) is 6.63. The molecular weight excluding hydrogens is 321 g/mol. The molecule has 1 aromatic rings. The van der Waals surface area contributed by atoms with Crippen LogP contribution in [0.5, 0.6) is 0 Å². The van der Waals surface area contributed by atoms with Gasteiger partial charge in [0.05, 0.1) is 11.7 Å². The number of nitrogens with zero attached hydrogens (tertiary/aromatic N) is 3. The number of anilines is 1. The number of hydrogen-bond donors (Lipinski definition) is 0. The molecule has 3 saturated heterocycles. The first-order chi connectivity index (χ1) is 12.1. The zero-order chi connectivity index (χ0) is 17.4. The molecular formula is C19H24FN3O2. The second-order valence-corrected chi connectivity index (χ2v) is 7.20. The van der Waals surface area contributed by atoms with Gasteiger partial charge in [0.25, 0.3) is 0 Å². The lowest BCUT2D eigenvalue weighted by atomic mass is 10.0.